The molecular formula is C26H28N6OS. The first-order valence-corrected chi connectivity index (χ1v) is 12.2. The van der Waals surface area contributed by atoms with E-state index in [1.165, 1.54) is 0 Å². The third-order valence-electron chi connectivity index (χ3n) is 6.48. The van der Waals surface area contributed by atoms with E-state index < -0.39 is 0 Å². The van der Waals surface area contributed by atoms with Crippen LogP contribution >= 0.6 is 11.8 Å². The van der Waals surface area contributed by atoms with Crippen LogP contribution in [0.1, 0.15) is 53.4 Å². The number of nitriles is 2. The predicted octanol–water partition coefficient (Wildman–Crippen LogP) is 4.66. The van der Waals surface area contributed by atoms with Gasteiger partial charge in [0, 0.05) is 34.9 Å². The van der Waals surface area contributed by atoms with Crippen molar-refractivity contribution in [3.8, 4) is 12.1 Å². The molecule has 7 nitrogen and oxygen atoms in total. The number of aromatic nitrogens is 1. The van der Waals surface area contributed by atoms with Crippen LogP contribution in [0.4, 0.5) is 4.79 Å². The number of piperidine rings is 1. The molecule has 2 aromatic rings. The van der Waals surface area contributed by atoms with Crippen molar-refractivity contribution >= 4 is 28.4 Å². The standard InChI is InChI=1S/C26H28N6OS/c1-16-12-20(13-17(2)29-16)23-22(21-7-5-6-19(14-27)18(21)3)30-24(34-23)31-25(33)32-10-8-26(4,15-28)9-11-32/h5-7,12-13,24,30H,8-11H2,1-4H3,(H,31,33). The average Bonchev–Trinajstić information content (AvgIpc) is 3.22. The van der Waals surface area contributed by atoms with Crippen LogP contribution in [0.25, 0.3) is 10.6 Å². The summed E-state index contributed by atoms with van der Waals surface area (Å²) in [4.78, 5) is 20.3. The lowest BCUT2D eigenvalue weighted by molar-refractivity contribution is 0.155. The molecule has 0 saturated carbocycles. The normalized spacial score (nSPS) is 19.2. The van der Waals surface area contributed by atoms with Crippen molar-refractivity contribution in [2.24, 2.45) is 5.41 Å². The van der Waals surface area contributed by atoms with Crippen molar-refractivity contribution in [2.75, 3.05) is 13.1 Å². The molecule has 1 aromatic carbocycles. The Morgan fingerprint density at radius 3 is 2.50 bits per heavy atom. The van der Waals surface area contributed by atoms with E-state index in [0.717, 1.165) is 38.7 Å². The molecule has 8 heteroatoms. The topological polar surface area (TPSA) is 105 Å². The number of hydrogen-bond acceptors (Lipinski definition) is 6. The summed E-state index contributed by atoms with van der Waals surface area (Å²) in [5.74, 6) is 0. The van der Waals surface area contributed by atoms with Gasteiger partial charge in [0.2, 0.25) is 0 Å². The fourth-order valence-electron chi connectivity index (χ4n) is 4.39. The number of amides is 2. The lowest BCUT2D eigenvalue weighted by atomic mass is 9.82. The van der Waals surface area contributed by atoms with E-state index in [0.29, 0.717) is 31.5 Å². The SMILES string of the molecule is Cc1cc(C2=C(c3cccc(C#N)c3C)NC(NC(=O)N3CCC(C)(C#N)CC3)S2)cc(C)n1. The van der Waals surface area contributed by atoms with Gasteiger partial charge < -0.3 is 15.5 Å². The molecule has 2 N–H and O–H groups in total. The van der Waals surface area contributed by atoms with E-state index in [1.54, 1.807) is 16.7 Å². The number of thioether (sulfide) groups is 1. The first-order chi connectivity index (χ1) is 16.2. The molecular weight excluding hydrogens is 444 g/mol. The van der Waals surface area contributed by atoms with Gasteiger partial charge in [-0.25, -0.2) is 4.79 Å². The molecule has 0 aliphatic carbocycles. The Morgan fingerprint density at radius 2 is 1.88 bits per heavy atom. The van der Waals surface area contributed by atoms with E-state index in [9.17, 15) is 15.3 Å². The number of urea groups is 1. The third kappa shape index (κ3) is 4.73. The molecule has 0 radical (unpaired) electrons. The molecule has 3 heterocycles. The molecule has 1 saturated heterocycles. The summed E-state index contributed by atoms with van der Waals surface area (Å²) in [7, 11) is 0. The fraction of sp³-hybridized carbons (Fsp3) is 0.385. The van der Waals surface area contributed by atoms with E-state index >= 15 is 0 Å². The number of benzene rings is 1. The van der Waals surface area contributed by atoms with E-state index in [-0.39, 0.29) is 16.9 Å². The summed E-state index contributed by atoms with van der Waals surface area (Å²) in [5.41, 5.74) is 5.50. The summed E-state index contributed by atoms with van der Waals surface area (Å²) in [6.07, 6.45) is 1.35. The predicted molar refractivity (Wildman–Crippen MR) is 134 cm³/mol. The second-order valence-electron chi connectivity index (χ2n) is 9.18. The maximum atomic E-state index is 13.0. The van der Waals surface area contributed by atoms with Crippen molar-refractivity contribution in [3.05, 3.63) is 64.0 Å². The molecule has 2 aliphatic rings. The fourth-order valence-corrected chi connectivity index (χ4v) is 5.51. The highest BCUT2D eigenvalue weighted by Crippen LogP contribution is 2.43. The molecule has 174 valence electrons. The van der Waals surface area contributed by atoms with Crippen molar-refractivity contribution in [1.29, 1.82) is 10.5 Å². The van der Waals surface area contributed by atoms with Gasteiger partial charge in [-0.15, -0.1) is 0 Å². The summed E-state index contributed by atoms with van der Waals surface area (Å²) in [5, 5.41) is 25.5. The van der Waals surface area contributed by atoms with Crippen molar-refractivity contribution in [3.63, 3.8) is 0 Å². The summed E-state index contributed by atoms with van der Waals surface area (Å²) in [6.45, 7) is 8.96. The van der Waals surface area contributed by atoms with E-state index in [1.807, 2.05) is 58.0 Å². The van der Waals surface area contributed by atoms with Crippen molar-refractivity contribution < 1.29 is 4.79 Å². The van der Waals surface area contributed by atoms with E-state index in [4.69, 9.17) is 0 Å². The zero-order chi connectivity index (χ0) is 24.5. The minimum atomic E-state index is -0.362. The van der Waals surface area contributed by atoms with Crippen LogP contribution in [0, 0.1) is 48.8 Å². The van der Waals surface area contributed by atoms with Gasteiger partial charge in [-0.05, 0) is 69.9 Å². The second kappa shape index (κ2) is 9.40. The number of nitrogens with zero attached hydrogens (tertiary/aromatic N) is 4. The number of aryl methyl sites for hydroxylation is 2. The monoisotopic (exact) mass is 472 g/mol. The average molecular weight is 473 g/mol. The molecule has 4 rings (SSSR count). The van der Waals surface area contributed by atoms with Gasteiger partial charge in [-0.1, -0.05) is 23.9 Å². The number of pyridine rings is 1. The van der Waals surface area contributed by atoms with Gasteiger partial charge in [0.15, 0.2) is 5.50 Å². The van der Waals surface area contributed by atoms with Crippen molar-refractivity contribution in [1.82, 2.24) is 20.5 Å². The van der Waals surface area contributed by atoms with Gasteiger partial charge in [-0.3, -0.25) is 4.98 Å². The Bertz CT molecular complexity index is 1230. The Labute approximate surface area is 204 Å². The minimum absolute atomic E-state index is 0.143. The maximum absolute atomic E-state index is 13.0. The molecule has 1 unspecified atom stereocenters. The number of nitrogens with one attached hydrogen (secondary N) is 2. The Morgan fingerprint density at radius 1 is 1.21 bits per heavy atom. The number of carbonyl (C=O) groups is 1. The third-order valence-corrected chi connectivity index (χ3v) is 7.63. The lowest BCUT2D eigenvalue weighted by Crippen LogP contribution is -2.50. The zero-order valence-corrected chi connectivity index (χ0v) is 20.7. The minimum Gasteiger partial charge on any atom is -0.355 e. The van der Waals surface area contributed by atoms with E-state index in [2.05, 4.69) is 27.8 Å². The number of likely N-dealkylation sites (tertiary alicyclic amines) is 1. The van der Waals surface area contributed by atoms with Crippen LogP contribution in [-0.4, -0.2) is 34.5 Å². The summed E-state index contributed by atoms with van der Waals surface area (Å²) in [6, 6.07) is 14.3. The van der Waals surface area contributed by atoms with Gasteiger partial charge in [0.05, 0.1) is 28.8 Å². The first-order valence-electron chi connectivity index (χ1n) is 11.3. The first kappa shape index (κ1) is 23.7. The second-order valence-corrected chi connectivity index (χ2v) is 10.3. The van der Waals surface area contributed by atoms with Crippen LogP contribution < -0.4 is 10.6 Å². The Balaban J connectivity index is 1.61. The largest absolute Gasteiger partial charge is 0.355 e. The van der Waals surface area contributed by atoms with Crippen LogP contribution in [0.5, 0.6) is 0 Å². The van der Waals surface area contributed by atoms with Crippen LogP contribution in [0.15, 0.2) is 30.3 Å². The summed E-state index contributed by atoms with van der Waals surface area (Å²) >= 11 is 1.55. The molecule has 2 aliphatic heterocycles. The smallest absolute Gasteiger partial charge is 0.319 e. The number of hydrogen-bond donors (Lipinski definition) is 2. The Kier molecular flexibility index (Phi) is 6.54. The molecule has 34 heavy (non-hydrogen) atoms. The Hall–Kier alpha value is -3.49. The molecule has 2 amide bonds. The quantitative estimate of drug-likeness (QED) is 0.673. The maximum Gasteiger partial charge on any atom is 0.319 e. The highest BCUT2D eigenvalue weighted by molar-refractivity contribution is 8.09. The van der Waals surface area contributed by atoms with Crippen LogP contribution in [0.3, 0.4) is 0 Å². The van der Waals surface area contributed by atoms with Gasteiger partial charge >= 0.3 is 6.03 Å². The zero-order valence-electron chi connectivity index (χ0n) is 19.9. The highest BCUT2D eigenvalue weighted by atomic mass is 32.2. The molecule has 1 atom stereocenters. The van der Waals surface area contributed by atoms with Gasteiger partial charge in [0.25, 0.3) is 0 Å². The lowest BCUT2D eigenvalue weighted by Gasteiger charge is -2.35. The number of rotatable bonds is 3. The molecule has 1 aromatic heterocycles. The van der Waals surface area contributed by atoms with Gasteiger partial charge in [0.1, 0.15) is 0 Å². The van der Waals surface area contributed by atoms with Crippen LogP contribution in [0.2, 0.25) is 0 Å². The van der Waals surface area contributed by atoms with Gasteiger partial charge in [-0.2, -0.15) is 10.5 Å². The summed E-state index contributed by atoms with van der Waals surface area (Å²) < 4.78 is 0. The van der Waals surface area contributed by atoms with Crippen molar-refractivity contribution in [2.45, 2.75) is 46.0 Å². The number of carbonyl (C=O) groups excluding carboxylic acids is 1. The highest BCUT2D eigenvalue weighted by Gasteiger charge is 2.34. The molecule has 0 bridgehead atoms. The van der Waals surface area contributed by atoms with Crippen LogP contribution in [-0.2, 0) is 0 Å². The molecule has 0 spiro atoms. The molecule has 1 fully saturated rings.